The van der Waals surface area contributed by atoms with E-state index in [1.807, 2.05) is 12.1 Å². The van der Waals surface area contributed by atoms with Crippen molar-refractivity contribution >= 4 is 17.8 Å². The summed E-state index contributed by atoms with van der Waals surface area (Å²) < 4.78 is 6.67. The van der Waals surface area contributed by atoms with Crippen molar-refractivity contribution in [2.75, 3.05) is 7.11 Å². The predicted molar refractivity (Wildman–Crippen MR) is 98.3 cm³/mol. The monoisotopic (exact) mass is 365 g/mol. The Kier molecular flexibility index (Phi) is 5.22. The number of amides is 1. The highest BCUT2D eigenvalue weighted by Crippen LogP contribution is 2.15. The molecule has 9 heteroatoms. The molecule has 0 spiro atoms. The first kappa shape index (κ1) is 17.8. The lowest BCUT2D eigenvalue weighted by Crippen LogP contribution is -2.16. The maximum Gasteiger partial charge on any atom is 0.274 e. The molecular formula is C18H15N5O4. The van der Waals surface area contributed by atoms with Crippen LogP contribution in [0.2, 0.25) is 0 Å². The second kappa shape index (κ2) is 7.91. The molecule has 0 radical (unpaired) electrons. The van der Waals surface area contributed by atoms with Gasteiger partial charge in [-0.1, -0.05) is 0 Å². The van der Waals surface area contributed by atoms with E-state index in [1.54, 1.807) is 30.1 Å². The van der Waals surface area contributed by atoms with Gasteiger partial charge in [-0.2, -0.15) is 10.2 Å². The fourth-order valence-electron chi connectivity index (χ4n) is 2.23. The van der Waals surface area contributed by atoms with Gasteiger partial charge >= 0.3 is 0 Å². The standard InChI is InChI=1S/C18H15N5O4/c1-27-17-8-6-15(7-9-17)22-12-14(11-20-22)18(24)21-19-10-13-2-4-16(5-3-13)23(25)26/h2-12H,1H3,(H,21,24)/b19-10-. The highest BCUT2D eigenvalue weighted by Gasteiger charge is 2.09. The molecule has 1 amide bonds. The van der Waals surface area contributed by atoms with E-state index in [9.17, 15) is 14.9 Å². The number of benzene rings is 2. The summed E-state index contributed by atoms with van der Waals surface area (Å²) in [7, 11) is 1.59. The third-order valence-corrected chi connectivity index (χ3v) is 3.67. The van der Waals surface area contributed by atoms with Gasteiger partial charge in [0.1, 0.15) is 5.75 Å². The third kappa shape index (κ3) is 4.34. The van der Waals surface area contributed by atoms with Gasteiger partial charge in [-0.15, -0.1) is 0 Å². The number of nitro benzene ring substituents is 1. The number of carbonyl (C=O) groups excluding carboxylic acids is 1. The first-order valence-electron chi connectivity index (χ1n) is 7.84. The maximum atomic E-state index is 12.1. The molecule has 136 valence electrons. The number of nitro groups is 1. The third-order valence-electron chi connectivity index (χ3n) is 3.67. The Balaban J connectivity index is 1.62. The van der Waals surface area contributed by atoms with Crippen LogP contribution in [0.15, 0.2) is 66.0 Å². The number of aromatic nitrogens is 2. The summed E-state index contributed by atoms with van der Waals surface area (Å²) >= 11 is 0. The molecule has 0 aliphatic rings. The van der Waals surface area contributed by atoms with Crippen molar-refractivity contribution in [1.82, 2.24) is 15.2 Å². The fraction of sp³-hybridized carbons (Fsp3) is 0.0556. The molecular weight excluding hydrogens is 350 g/mol. The van der Waals surface area contributed by atoms with Gasteiger partial charge in [0.05, 0.1) is 35.7 Å². The molecule has 0 aliphatic carbocycles. The Morgan fingerprint density at radius 1 is 1.22 bits per heavy atom. The lowest BCUT2D eigenvalue weighted by molar-refractivity contribution is -0.384. The van der Waals surface area contributed by atoms with Crippen LogP contribution in [0.5, 0.6) is 5.75 Å². The zero-order chi connectivity index (χ0) is 19.2. The van der Waals surface area contributed by atoms with E-state index in [4.69, 9.17) is 4.74 Å². The van der Waals surface area contributed by atoms with Gasteiger partial charge in [0, 0.05) is 18.3 Å². The Hall–Kier alpha value is -4.01. The quantitative estimate of drug-likeness (QED) is 0.410. The molecule has 0 fully saturated rings. The van der Waals surface area contributed by atoms with Crippen LogP contribution in [0.1, 0.15) is 15.9 Å². The lowest BCUT2D eigenvalue weighted by Gasteiger charge is -2.02. The average Bonchev–Trinajstić information content (AvgIpc) is 3.19. The molecule has 3 rings (SSSR count). The molecule has 3 aromatic rings. The molecule has 1 aromatic heterocycles. The summed E-state index contributed by atoms with van der Waals surface area (Å²) in [5, 5.41) is 18.6. The van der Waals surface area contributed by atoms with Crippen molar-refractivity contribution in [3.8, 4) is 11.4 Å². The molecule has 0 saturated carbocycles. The van der Waals surface area contributed by atoms with Gasteiger partial charge in [0.25, 0.3) is 11.6 Å². The molecule has 0 atom stereocenters. The molecule has 0 bridgehead atoms. The number of ether oxygens (including phenoxy) is 1. The number of nitrogens with one attached hydrogen (secondary N) is 1. The number of carbonyl (C=O) groups is 1. The maximum absolute atomic E-state index is 12.1. The Labute approximate surface area is 154 Å². The largest absolute Gasteiger partial charge is 0.497 e. The number of nitrogens with zero attached hydrogens (tertiary/aromatic N) is 4. The number of non-ortho nitro benzene ring substituents is 1. The van der Waals surface area contributed by atoms with Crippen LogP contribution in [0.4, 0.5) is 5.69 Å². The number of hydrazone groups is 1. The highest BCUT2D eigenvalue weighted by atomic mass is 16.6. The fourth-order valence-corrected chi connectivity index (χ4v) is 2.23. The minimum Gasteiger partial charge on any atom is -0.497 e. The van der Waals surface area contributed by atoms with Gasteiger partial charge in [-0.3, -0.25) is 14.9 Å². The topological polar surface area (TPSA) is 112 Å². The SMILES string of the molecule is COc1ccc(-n2cc(C(=O)N/N=C\c3ccc([N+](=O)[O-])cc3)cn2)cc1. The summed E-state index contributed by atoms with van der Waals surface area (Å²) in [6.45, 7) is 0. The van der Waals surface area contributed by atoms with Crippen LogP contribution in [-0.2, 0) is 0 Å². The van der Waals surface area contributed by atoms with Gasteiger partial charge in [-0.05, 0) is 42.0 Å². The second-order valence-electron chi connectivity index (χ2n) is 5.42. The van der Waals surface area contributed by atoms with Crippen LogP contribution < -0.4 is 10.2 Å². The average molecular weight is 365 g/mol. The van der Waals surface area contributed by atoms with E-state index < -0.39 is 10.8 Å². The first-order valence-corrected chi connectivity index (χ1v) is 7.84. The Morgan fingerprint density at radius 3 is 2.56 bits per heavy atom. The van der Waals surface area contributed by atoms with Crippen molar-refractivity contribution in [3.05, 3.63) is 82.2 Å². The van der Waals surface area contributed by atoms with Crippen LogP contribution in [0.25, 0.3) is 5.69 Å². The molecule has 1 N–H and O–H groups in total. The van der Waals surface area contributed by atoms with Crippen molar-refractivity contribution in [1.29, 1.82) is 0 Å². The first-order chi connectivity index (χ1) is 13.1. The van der Waals surface area contributed by atoms with Crippen molar-refractivity contribution in [2.45, 2.75) is 0 Å². The molecule has 2 aromatic carbocycles. The van der Waals surface area contributed by atoms with E-state index >= 15 is 0 Å². The minimum atomic E-state index is -0.483. The molecule has 0 aliphatic heterocycles. The number of rotatable bonds is 6. The second-order valence-corrected chi connectivity index (χ2v) is 5.42. The smallest absolute Gasteiger partial charge is 0.274 e. The van der Waals surface area contributed by atoms with Crippen LogP contribution in [-0.4, -0.2) is 33.9 Å². The van der Waals surface area contributed by atoms with E-state index in [-0.39, 0.29) is 5.69 Å². The summed E-state index contributed by atoms with van der Waals surface area (Å²) in [5.41, 5.74) is 4.12. The van der Waals surface area contributed by atoms with Crippen LogP contribution in [0.3, 0.4) is 0 Å². The number of hydrogen-bond acceptors (Lipinski definition) is 6. The highest BCUT2D eigenvalue weighted by molar-refractivity contribution is 5.94. The van der Waals surface area contributed by atoms with Gasteiger partial charge in [0.15, 0.2) is 0 Å². The lowest BCUT2D eigenvalue weighted by atomic mass is 10.2. The molecule has 0 unspecified atom stereocenters. The zero-order valence-corrected chi connectivity index (χ0v) is 14.3. The predicted octanol–water partition coefficient (Wildman–Crippen LogP) is 2.55. The van der Waals surface area contributed by atoms with E-state index in [1.165, 1.54) is 36.7 Å². The Bertz CT molecular complexity index is 978. The molecule has 0 saturated heterocycles. The molecule has 9 nitrogen and oxygen atoms in total. The van der Waals surface area contributed by atoms with Crippen LogP contribution >= 0.6 is 0 Å². The van der Waals surface area contributed by atoms with Gasteiger partial charge in [-0.25, -0.2) is 10.1 Å². The van der Waals surface area contributed by atoms with Crippen LogP contribution in [0, 0.1) is 10.1 Å². The number of hydrogen-bond donors (Lipinski definition) is 1. The number of methoxy groups -OCH3 is 1. The van der Waals surface area contributed by atoms with Crippen molar-refractivity contribution in [3.63, 3.8) is 0 Å². The van der Waals surface area contributed by atoms with Crippen molar-refractivity contribution in [2.24, 2.45) is 5.10 Å². The normalized spacial score (nSPS) is 10.7. The van der Waals surface area contributed by atoms with Crippen molar-refractivity contribution < 1.29 is 14.5 Å². The molecule has 27 heavy (non-hydrogen) atoms. The zero-order valence-electron chi connectivity index (χ0n) is 14.3. The van der Waals surface area contributed by atoms with Gasteiger partial charge in [0.2, 0.25) is 0 Å². The summed E-state index contributed by atoms with van der Waals surface area (Å²) in [6, 6.07) is 13.0. The van der Waals surface area contributed by atoms with E-state index in [0.717, 1.165) is 11.4 Å². The summed E-state index contributed by atoms with van der Waals surface area (Å²) in [5.74, 6) is 0.303. The molecule has 1 heterocycles. The summed E-state index contributed by atoms with van der Waals surface area (Å²) in [4.78, 5) is 22.3. The van der Waals surface area contributed by atoms with E-state index in [2.05, 4.69) is 15.6 Å². The minimum absolute atomic E-state index is 0.0119. The summed E-state index contributed by atoms with van der Waals surface area (Å²) in [6.07, 6.45) is 4.41. The van der Waals surface area contributed by atoms with E-state index in [0.29, 0.717) is 11.1 Å². The Morgan fingerprint density at radius 2 is 1.93 bits per heavy atom. The van der Waals surface area contributed by atoms with Gasteiger partial charge < -0.3 is 4.74 Å².